The number of rotatable bonds is 3. The Morgan fingerprint density at radius 3 is 2.56 bits per heavy atom. The molecule has 0 aromatic carbocycles. The third kappa shape index (κ3) is 3.93. The molecule has 0 spiro atoms. The highest BCUT2D eigenvalue weighted by Crippen LogP contribution is 1.76. The van der Waals surface area contributed by atoms with E-state index in [1.54, 1.807) is 6.92 Å². The van der Waals surface area contributed by atoms with Crippen molar-refractivity contribution in [3.05, 3.63) is 0 Å². The average Bonchev–Trinajstić information content (AvgIpc) is 1.87. The third-order valence-electron chi connectivity index (χ3n) is 0.825. The van der Waals surface area contributed by atoms with Crippen LogP contribution in [0, 0.1) is 0 Å². The Hall–Kier alpha value is -0.610. The van der Waals surface area contributed by atoms with Gasteiger partial charge in [-0.25, -0.2) is 0 Å². The molecule has 1 atom stereocenters. The van der Waals surface area contributed by atoms with Crippen LogP contribution in [-0.4, -0.2) is 35.4 Å². The Bertz CT molecular complexity index is 94.2. The first-order chi connectivity index (χ1) is 4.20. The van der Waals surface area contributed by atoms with Gasteiger partial charge < -0.3 is 15.5 Å². The van der Waals surface area contributed by atoms with Gasteiger partial charge in [0.15, 0.2) is 0 Å². The second kappa shape index (κ2) is 4.29. The summed E-state index contributed by atoms with van der Waals surface area (Å²) < 4.78 is 0. The average molecular weight is 133 g/mol. The lowest BCUT2D eigenvalue weighted by Gasteiger charge is -2.07. The van der Waals surface area contributed by atoms with E-state index in [0.29, 0.717) is 0 Å². The number of carbonyl (C=O) groups is 1. The van der Waals surface area contributed by atoms with Crippen LogP contribution in [0.2, 0.25) is 0 Å². The molecule has 1 unspecified atom stereocenters. The minimum Gasteiger partial charge on any atom is -0.394 e. The lowest BCUT2D eigenvalue weighted by atomic mass is 10.3. The highest BCUT2D eigenvalue weighted by Gasteiger charge is 2.02. The van der Waals surface area contributed by atoms with Crippen LogP contribution in [0.25, 0.3) is 0 Å². The molecule has 0 aliphatic rings. The van der Waals surface area contributed by atoms with Crippen LogP contribution in [0.1, 0.15) is 6.92 Å². The molecule has 0 heterocycles. The standard InChI is InChI=1S/C5H11NO3/c1-4(2-7)6-5(9)3-8/h4,7-8H,2-3H2,1H3,(H,6,9). The summed E-state index contributed by atoms with van der Waals surface area (Å²) in [6.07, 6.45) is 0. The first-order valence-electron chi connectivity index (χ1n) is 2.71. The molecule has 0 saturated heterocycles. The van der Waals surface area contributed by atoms with Crippen LogP contribution < -0.4 is 5.32 Å². The molecule has 0 aromatic heterocycles. The quantitative estimate of drug-likeness (QED) is 0.437. The normalized spacial score (nSPS) is 12.8. The largest absolute Gasteiger partial charge is 0.394 e. The Labute approximate surface area is 53.5 Å². The first kappa shape index (κ1) is 8.39. The van der Waals surface area contributed by atoms with Gasteiger partial charge in [0.2, 0.25) is 5.91 Å². The fourth-order valence-electron chi connectivity index (χ4n) is 0.366. The van der Waals surface area contributed by atoms with Gasteiger partial charge in [0.05, 0.1) is 6.61 Å². The van der Waals surface area contributed by atoms with Gasteiger partial charge >= 0.3 is 0 Å². The van der Waals surface area contributed by atoms with Gasteiger partial charge in [-0.3, -0.25) is 4.79 Å². The lowest BCUT2D eigenvalue weighted by Crippen LogP contribution is -2.36. The van der Waals surface area contributed by atoms with Crippen molar-refractivity contribution < 1.29 is 15.0 Å². The van der Waals surface area contributed by atoms with Crippen LogP contribution in [-0.2, 0) is 4.79 Å². The van der Waals surface area contributed by atoms with Crippen molar-refractivity contribution in [2.24, 2.45) is 0 Å². The van der Waals surface area contributed by atoms with Gasteiger partial charge in [-0.05, 0) is 6.92 Å². The molecular formula is C5H11NO3. The smallest absolute Gasteiger partial charge is 0.245 e. The van der Waals surface area contributed by atoms with Crippen molar-refractivity contribution in [3.8, 4) is 0 Å². The molecule has 9 heavy (non-hydrogen) atoms. The molecule has 0 saturated carbocycles. The summed E-state index contributed by atoms with van der Waals surface area (Å²) in [6, 6.07) is -0.273. The van der Waals surface area contributed by atoms with E-state index in [2.05, 4.69) is 5.32 Å². The van der Waals surface area contributed by atoms with Crippen molar-refractivity contribution in [3.63, 3.8) is 0 Å². The summed E-state index contributed by atoms with van der Waals surface area (Å²) in [5.74, 6) is -0.462. The minimum absolute atomic E-state index is 0.105. The van der Waals surface area contributed by atoms with E-state index in [-0.39, 0.29) is 12.6 Å². The van der Waals surface area contributed by atoms with Crippen molar-refractivity contribution in [2.45, 2.75) is 13.0 Å². The van der Waals surface area contributed by atoms with E-state index in [4.69, 9.17) is 10.2 Å². The van der Waals surface area contributed by atoms with Crippen LogP contribution >= 0.6 is 0 Å². The van der Waals surface area contributed by atoms with Gasteiger partial charge in [0, 0.05) is 6.04 Å². The molecular weight excluding hydrogens is 122 g/mol. The van der Waals surface area contributed by atoms with Crippen molar-refractivity contribution in [1.82, 2.24) is 5.32 Å². The number of nitrogens with one attached hydrogen (secondary N) is 1. The van der Waals surface area contributed by atoms with Crippen molar-refractivity contribution in [1.29, 1.82) is 0 Å². The molecule has 4 nitrogen and oxygen atoms in total. The van der Waals surface area contributed by atoms with E-state index < -0.39 is 12.5 Å². The minimum atomic E-state index is -0.523. The lowest BCUT2D eigenvalue weighted by molar-refractivity contribution is -0.124. The first-order valence-corrected chi connectivity index (χ1v) is 2.71. The predicted molar refractivity (Wildman–Crippen MR) is 31.8 cm³/mol. The van der Waals surface area contributed by atoms with Crippen molar-refractivity contribution in [2.75, 3.05) is 13.2 Å². The summed E-state index contributed by atoms with van der Waals surface area (Å²) in [6.45, 7) is 1.02. The monoisotopic (exact) mass is 133 g/mol. The number of aliphatic hydroxyl groups excluding tert-OH is 2. The number of carbonyl (C=O) groups excluding carboxylic acids is 1. The molecule has 0 radical (unpaired) electrons. The molecule has 54 valence electrons. The van der Waals surface area contributed by atoms with Gasteiger partial charge in [0.1, 0.15) is 6.61 Å². The summed E-state index contributed by atoms with van der Waals surface area (Å²) in [4.78, 5) is 10.3. The van der Waals surface area contributed by atoms with E-state index in [0.717, 1.165) is 0 Å². The number of hydrogen-bond donors (Lipinski definition) is 3. The van der Waals surface area contributed by atoms with E-state index in [9.17, 15) is 4.79 Å². The Balaban J connectivity index is 3.34. The highest BCUT2D eigenvalue weighted by molar-refractivity contribution is 5.77. The van der Waals surface area contributed by atoms with E-state index in [1.807, 2.05) is 0 Å². The summed E-state index contributed by atoms with van der Waals surface area (Å²) in [5.41, 5.74) is 0. The van der Waals surface area contributed by atoms with Gasteiger partial charge in [-0.15, -0.1) is 0 Å². The molecule has 0 rings (SSSR count). The topological polar surface area (TPSA) is 69.6 Å². The third-order valence-corrected chi connectivity index (χ3v) is 0.825. The SMILES string of the molecule is CC(CO)NC(=O)CO. The zero-order valence-corrected chi connectivity index (χ0v) is 5.29. The number of hydrogen-bond acceptors (Lipinski definition) is 3. The van der Waals surface area contributed by atoms with Crippen molar-refractivity contribution >= 4 is 5.91 Å². The van der Waals surface area contributed by atoms with Gasteiger partial charge in [-0.1, -0.05) is 0 Å². The summed E-state index contributed by atoms with van der Waals surface area (Å²) in [5, 5.41) is 18.9. The molecule has 0 fully saturated rings. The van der Waals surface area contributed by atoms with Gasteiger partial charge in [-0.2, -0.15) is 0 Å². The molecule has 0 aliphatic heterocycles. The summed E-state index contributed by atoms with van der Waals surface area (Å²) in [7, 11) is 0. The maximum atomic E-state index is 10.3. The zero-order valence-electron chi connectivity index (χ0n) is 5.29. The van der Waals surface area contributed by atoms with Gasteiger partial charge in [0.25, 0.3) is 0 Å². The van der Waals surface area contributed by atoms with Crippen LogP contribution in [0.5, 0.6) is 0 Å². The fourth-order valence-corrected chi connectivity index (χ4v) is 0.366. The number of amides is 1. The van der Waals surface area contributed by atoms with E-state index in [1.165, 1.54) is 0 Å². The van der Waals surface area contributed by atoms with Crippen LogP contribution in [0.3, 0.4) is 0 Å². The Morgan fingerprint density at radius 1 is 1.67 bits per heavy atom. The Morgan fingerprint density at radius 2 is 2.22 bits per heavy atom. The number of aliphatic hydroxyl groups is 2. The van der Waals surface area contributed by atoms with Crippen LogP contribution in [0.4, 0.5) is 0 Å². The summed E-state index contributed by atoms with van der Waals surface area (Å²) >= 11 is 0. The highest BCUT2D eigenvalue weighted by atomic mass is 16.3. The molecule has 4 heteroatoms. The molecule has 1 amide bonds. The van der Waals surface area contributed by atoms with Crippen LogP contribution in [0.15, 0.2) is 0 Å². The maximum Gasteiger partial charge on any atom is 0.245 e. The van der Waals surface area contributed by atoms with E-state index >= 15 is 0 Å². The Kier molecular flexibility index (Phi) is 4.00. The zero-order chi connectivity index (χ0) is 7.28. The fraction of sp³-hybridized carbons (Fsp3) is 0.800. The molecule has 0 bridgehead atoms. The predicted octanol–water partition coefficient (Wildman–Crippen LogP) is -1.52. The molecule has 0 aliphatic carbocycles. The molecule has 3 N–H and O–H groups in total. The maximum absolute atomic E-state index is 10.3. The second-order valence-electron chi connectivity index (χ2n) is 1.81. The second-order valence-corrected chi connectivity index (χ2v) is 1.81. The molecule has 0 aromatic rings.